The van der Waals surface area contributed by atoms with Crippen molar-refractivity contribution in [3.63, 3.8) is 0 Å². The topological polar surface area (TPSA) is 91.4 Å². The second-order valence-electron chi connectivity index (χ2n) is 10.8. The van der Waals surface area contributed by atoms with Gasteiger partial charge in [0, 0.05) is 30.6 Å². The molecule has 0 aromatic carbocycles. The molecule has 2 saturated carbocycles. The average Bonchev–Trinajstić information content (AvgIpc) is 3.41. The van der Waals surface area contributed by atoms with E-state index >= 15 is 0 Å². The molecule has 1 spiro atoms. The van der Waals surface area contributed by atoms with Crippen molar-refractivity contribution in [3.05, 3.63) is 35.6 Å². The van der Waals surface area contributed by atoms with Crippen LogP contribution in [0, 0.1) is 28.6 Å². The third-order valence-corrected chi connectivity index (χ3v) is 9.31. The molecule has 7 nitrogen and oxygen atoms in total. The van der Waals surface area contributed by atoms with Gasteiger partial charge in [0.2, 0.25) is 5.60 Å². The van der Waals surface area contributed by atoms with Gasteiger partial charge in [0.15, 0.2) is 0 Å². The molecule has 33 heavy (non-hydrogen) atoms. The minimum Gasteiger partial charge on any atom is -0.466 e. The van der Waals surface area contributed by atoms with E-state index in [-0.39, 0.29) is 35.2 Å². The van der Waals surface area contributed by atoms with Crippen molar-refractivity contribution in [3.8, 4) is 0 Å². The molecule has 5 aliphatic rings. The van der Waals surface area contributed by atoms with E-state index < -0.39 is 28.6 Å². The lowest BCUT2D eigenvalue weighted by molar-refractivity contribution is -0.205. The number of ether oxygens (including phenoxy) is 4. The van der Waals surface area contributed by atoms with Gasteiger partial charge in [-0.1, -0.05) is 26.0 Å². The van der Waals surface area contributed by atoms with E-state index in [4.69, 9.17) is 18.9 Å². The lowest BCUT2D eigenvalue weighted by Gasteiger charge is -2.54. The number of rotatable bonds is 3. The first-order valence-corrected chi connectivity index (χ1v) is 11.7. The summed E-state index contributed by atoms with van der Waals surface area (Å²) in [6.45, 7) is 8.99. The lowest BCUT2D eigenvalue weighted by atomic mass is 9.48. The van der Waals surface area contributed by atoms with Crippen molar-refractivity contribution >= 4 is 17.9 Å². The van der Waals surface area contributed by atoms with Crippen molar-refractivity contribution < 1.29 is 33.3 Å². The molecule has 8 atom stereocenters. The van der Waals surface area contributed by atoms with Crippen LogP contribution in [0.3, 0.4) is 0 Å². The van der Waals surface area contributed by atoms with E-state index in [2.05, 4.69) is 26.0 Å². The standard InChI is InChI=1S/C26H32O7/c1-14-11-20-19-8-7-17-12-18(31-15(2)27)9-10-23(17,4)26(19)21(33-26)13-24(20,5)25(14,22(29)30-6)32-16(3)28/h7,9-10,12,14,19-21H,8,11,13H2,1-6H3/t14-,19+,20+,21+,23+,24+,25+,26-/m1/s1. The first-order valence-electron chi connectivity index (χ1n) is 11.7. The minimum atomic E-state index is -1.33. The van der Waals surface area contributed by atoms with Crippen LogP contribution in [0.25, 0.3) is 0 Å². The molecule has 1 saturated heterocycles. The number of methoxy groups -OCH3 is 1. The van der Waals surface area contributed by atoms with Gasteiger partial charge in [-0.25, -0.2) is 4.79 Å². The third-order valence-electron chi connectivity index (χ3n) is 9.31. The summed E-state index contributed by atoms with van der Waals surface area (Å²) in [5, 5.41) is 0. The summed E-state index contributed by atoms with van der Waals surface area (Å²) in [6, 6.07) is 0. The van der Waals surface area contributed by atoms with Gasteiger partial charge in [-0.15, -0.1) is 0 Å². The Morgan fingerprint density at radius 1 is 1.12 bits per heavy atom. The summed E-state index contributed by atoms with van der Waals surface area (Å²) >= 11 is 0. The fourth-order valence-corrected chi connectivity index (χ4v) is 8.02. The first kappa shape index (κ1) is 22.4. The number of hydrogen-bond acceptors (Lipinski definition) is 7. The molecule has 0 aromatic heterocycles. The Balaban J connectivity index is 1.58. The van der Waals surface area contributed by atoms with Gasteiger partial charge < -0.3 is 18.9 Å². The van der Waals surface area contributed by atoms with E-state index in [1.165, 1.54) is 21.0 Å². The maximum atomic E-state index is 13.2. The second kappa shape index (κ2) is 6.81. The molecule has 4 aliphatic carbocycles. The molecule has 1 aliphatic heterocycles. The molecular weight excluding hydrogens is 424 g/mol. The monoisotopic (exact) mass is 456 g/mol. The van der Waals surface area contributed by atoms with Crippen molar-refractivity contribution in [2.45, 2.75) is 71.2 Å². The second-order valence-corrected chi connectivity index (χ2v) is 10.8. The Bertz CT molecular complexity index is 1040. The molecule has 5 rings (SSSR count). The molecule has 1 heterocycles. The highest BCUT2D eigenvalue weighted by Crippen LogP contribution is 2.76. The van der Waals surface area contributed by atoms with Gasteiger partial charge in [-0.05, 0) is 55.7 Å². The highest BCUT2D eigenvalue weighted by atomic mass is 16.6. The van der Waals surface area contributed by atoms with Crippen LogP contribution in [-0.4, -0.2) is 42.3 Å². The SMILES string of the molecule is COC(=O)[C@@]1(OC(C)=O)[C@H](C)C[C@H]2[C@@H]3CC=C4C=C(OC(C)=O)C=C[C@]4(C)[C@@]34O[C@H]4C[C@@]21C. The average molecular weight is 457 g/mol. The number of epoxide rings is 1. The minimum absolute atomic E-state index is 0.0735. The van der Waals surface area contributed by atoms with Crippen LogP contribution in [0.15, 0.2) is 35.6 Å². The molecule has 3 fully saturated rings. The molecule has 0 N–H and O–H groups in total. The molecule has 7 heteroatoms. The number of allylic oxidation sites excluding steroid dienone is 3. The summed E-state index contributed by atoms with van der Waals surface area (Å²) < 4.78 is 23.0. The van der Waals surface area contributed by atoms with Gasteiger partial charge in [0.1, 0.15) is 11.4 Å². The smallest absolute Gasteiger partial charge is 0.351 e. The van der Waals surface area contributed by atoms with E-state index in [0.29, 0.717) is 12.2 Å². The van der Waals surface area contributed by atoms with Gasteiger partial charge in [-0.3, -0.25) is 9.59 Å². The summed E-state index contributed by atoms with van der Waals surface area (Å²) in [4.78, 5) is 36.9. The van der Waals surface area contributed by atoms with E-state index in [9.17, 15) is 14.4 Å². The van der Waals surface area contributed by atoms with Crippen molar-refractivity contribution in [1.82, 2.24) is 0 Å². The summed E-state index contributed by atoms with van der Waals surface area (Å²) in [5.74, 6) is -0.659. The summed E-state index contributed by atoms with van der Waals surface area (Å²) in [7, 11) is 1.36. The molecule has 0 unspecified atom stereocenters. The fraction of sp³-hybridized carbons (Fsp3) is 0.654. The third kappa shape index (κ3) is 2.57. The van der Waals surface area contributed by atoms with Gasteiger partial charge in [0.05, 0.1) is 13.2 Å². The van der Waals surface area contributed by atoms with Crippen molar-refractivity contribution in [2.75, 3.05) is 7.11 Å². The number of hydrogen-bond donors (Lipinski definition) is 0. The summed E-state index contributed by atoms with van der Waals surface area (Å²) in [5.41, 5.74) is -1.59. The van der Waals surface area contributed by atoms with Crippen LogP contribution in [0.2, 0.25) is 0 Å². The van der Waals surface area contributed by atoms with E-state index in [0.717, 1.165) is 18.4 Å². The molecule has 0 radical (unpaired) electrons. The van der Waals surface area contributed by atoms with Crippen LogP contribution < -0.4 is 0 Å². The zero-order valence-corrected chi connectivity index (χ0v) is 20.1. The Labute approximate surface area is 194 Å². The Kier molecular flexibility index (Phi) is 4.62. The van der Waals surface area contributed by atoms with Crippen molar-refractivity contribution in [2.24, 2.45) is 28.6 Å². The Morgan fingerprint density at radius 2 is 1.85 bits per heavy atom. The highest BCUT2D eigenvalue weighted by molar-refractivity contribution is 5.85. The van der Waals surface area contributed by atoms with Gasteiger partial charge in [-0.2, -0.15) is 0 Å². The number of carbonyl (C=O) groups excluding carboxylic acids is 3. The normalized spacial score (nSPS) is 46.5. The summed E-state index contributed by atoms with van der Waals surface area (Å²) in [6.07, 6.45) is 10.2. The molecule has 0 amide bonds. The maximum Gasteiger partial charge on any atom is 0.351 e. The van der Waals surface area contributed by atoms with Crippen LogP contribution in [0.5, 0.6) is 0 Å². The van der Waals surface area contributed by atoms with E-state index in [1.807, 2.05) is 19.1 Å². The van der Waals surface area contributed by atoms with Crippen LogP contribution in [0.4, 0.5) is 0 Å². The fourth-order valence-electron chi connectivity index (χ4n) is 8.02. The van der Waals surface area contributed by atoms with Crippen LogP contribution >= 0.6 is 0 Å². The lowest BCUT2D eigenvalue weighted by Crippen LogP contribution is -2.63. The maximum absolute atomic E-state index is 13.2. The molecule has 178 valence electrons. The van der Waals surface area contributed by atoms with Crippen LogP contribution in [-0.2, 0) is 33.3 Å². The Morgan fingerprint density at radius 3 is 2.48 bits per heavy atom. The first-order chi connectivity index (χ1) is 15.5. The van der Waals surface area contributed by atoms with E-state index in [1.54, 1.807) is 0 Å². The molecule has 0 aromatic rings. The zero-order chi connectivity index (χ0) is 24.0. The number of fused-ring (bicyclic) bond motifs is 3. The number of carbonyl (C=O) groups is 3. The quantitative estimate of drug-likeness (QED) is 0.364. The molecule has 0 bridgehead atoms. The van der Waals surface area contributed by atoms with Crippen molar-refractivity contribution in [1.29, 1.82) is 0 Å². The number of esters is 3. The zero-order valence-electron chi connectivity index (χ0n) is 20.1. The molecular formula is C26H32O7. The predicted molar refractivity (Wildman–Crippen MR) is 117 cm³/mol. The van der Waals surface area contributed by atoms with Gasteiger partial charge in [0.25, 0.3) is 0 Å². The van der Waals surface area contributed by atoms with Gasteiger partial charge >= 0.3 is 17.9 Å². The largest absolute Gasteiger partial charge is 0.466 e. The highest BCUT2D eigenvalue weighted by Gasteiger charge is 2.83. The van der Waals surface area contributed by atoms with Crippen LogP contribution in [0.1, 0.15) is 53.9 Å². The Hall–Kier alpha value is -2.41. The predicted octanol–water partition coefficient (Wildman–Crippen LogP) is 3.63.